The number of rotatable bonds is 1. The highest BCUT2D eigenvalue weighted by Gasteiger charge is 2.21. The van der Waals surface area contributed by atoms with E-state index in [1.54, 1.807) is 9.80 Å². The number of benzene rings is 1. The molecule has 1 saturated heterocycles. The fraction of sp³-hybridized carbons (Fsp3) is 0.429. The van der Waals surface area contributed by atoms with Gasteiger partial charge in [-0.15, -0.1) is 0 Å². The van der Waals surface area contributed by atoms with E-state index in [2.05, 4.69) is 0 Å². The maximum absolute atomic E-state index is 13.4. The number of nitrogens with two attached hydrogens (primary N) is 1. The molecule has 108 valence electrons. The zero-order chi connectivity index (χ0) is 14.7. The first-order valence-electron chi connectivity index (χ1n) is 6.59. The van der Waals surface area contributed by atoms with Crippen molar-refractivity contribution in [2.24, 2.45) is 0 Å². The molecule has 0 atom stereocenters. The van der Waals surface area contributed by atoms with Crippen molar-refractivity contribution in [3.05, 3.63) is 29.6 Å². The Hall–Kier alpha value is -2.11. The molecule has 0 aliphatic carbocycles. The number of hydrogen-bond donors (Lipinski definition) is 1. The van der Waals surface area contributed by atoms with Crippen molar-refractivity contribution >= 4 is 17.5 Å². The van der Waals surface area contributed by atoms with Gasteiger partial charge in [-0.3, -0.25) is 9.59 Å². The van der Waals surface area contributed by atoms with Crippen LogP contribution < -0.4 is 5.73 Å². The van der Waals surface area contributed by atoms with E-state index < -0.39 is 5.82 Å². The molecule has 0 bridgehead atoms. The largest absolute Gasteiger partial charge is 0.396 e. The Kier molecular flexibility index (Phi) is 4.22. The molecule has 0 unspecified atom stereocenters. The number of nitrogen functional groups attached to an aromatic ring is 1. The molecule has 1 aromatic rings. The van der Waals surface area contributed by atoms with Crippen LogP contribution in [0.25, 0.3) is 0 Å². The summed E-state index contributed by atoms with van der Waals surface area (Å²) < 4.78 is 13.4. The lowest BCUT2D eigenvalue weighted by Gasteiger charge is -2.21. The second-order valence-electron chi connectivity index (χ2n) is 4.89. The molecule has 5 nitrogen and oxygen atoms in total. The van der Waals surface area contributed by atoms with Crippen molar-refractivity contribution in [1.29, 1.82) is 0 Å². The molecule has 1 fully saturated rings. The van der Waals surface area contributed by atoms with Crippen LogP contribution >= 0.6 is 0 Å². The van der Waals surface area contributed by atoms with E-state index in [0.717, 1.165) is 12.5 Å². The standard InChI is InChI=1S/C14H18FN3O2/c1-10(19)17-5-2-6-18(8-7-17)14(20)11-3-4-13(16)12(15)9-11/h3-4,9H,2,5-8,16H2,1H3. The SMILES string of the molecule is CC(=O)N1CCCN(C(=O)c2ccc(N)c(F)c2)CC1. The summed E-state index contributed by atoms with van der Waals surface area (Å²) >= 11 is 0. The second kappa shape index (κ2) is 5.90. The van der Waals surface area contributed by atoms with Gasteiger partial charge in [-0.1, -0.05) is 0 Å². The molecule has 2 N–H and O–H groups in total. The summed E-state index contributed by atoms with van der Waals surface area (Å²) in [4.78, 5) is 27.0. The van der Waals surface area contributed by atoms with Gasteiger partial charge >= 0.3 is 0 Å². The molecule has 1 aromatic carbocycles. The Morgan fingerprint density at radius 1 is 1.15 bits per heavy atom. The summed E-state index contributed by atoms with van der Waals surface area (Å²) in [5, 5.41) is 0. The highest BCUT2D eigenvalue weighted by Crippen LogP contribution is 2.15. The van der Waals surface area contributed by atoms with Gasteiger partial charge in [0, 0.05) is 38.7 Å². The third kappa shape index (κ3) is 3.07. The topological polar surface area (TPSA) is 66.6 Å². The van der Waals surface area contributed by atoms with Crippen LogP contribution in [-0.4, -0.2) is 47.8 Å². The maximum atomic E-state index is 13.4. The molecule has 0 spiro atoms. The first kappa shape index (κ1) is 14.3. The second-order valence-corrected chi connectivity index (χ2v) is 4.89. The molecular formula is C14H18FN3O2. The molecule has 20 heavy (non-hydrogen) atoms. The number of nitrogens with zero attached hydrogens (tertiary/aromatic N) is 2. The van der Waals surface area contributed by atoms with Crippen molar-refractivity contribution in [2.45, 2.75) is 13.3 Å². The molecule has 0 aromatic heterocycles. The van der Waals surface area contributed by atoms with E-state index in [4.69, 9.17) is 5.73 Å². The molecule has 2 amide bonds. The van der Waals surface area contributed by atoms with Crippen molar-refractivity contribution < 1.29 is 14.0 Å². The lowest BCUT2D eigenvalue weighted by molar-refractivity contribution is -0.128. The van der Waals surface area contributed by atoms with Crippen LogP contribution in [0.4, 0.5) is 10.1 Å². The minimum absolute atomic E-state index is 0.0119. The average molecular weight is 279 g/mol. The highest BCUT2D eigenvalue weighted by atomic mass is 19.1. The van der Waals surface area contributed by atoms with Crippen LogP contribution in [0, 0.1) is 5.82 Å². The van der Waals surface area contributed by atoms with Gasteiger partial charge in [-0.05, 0) is 24.6 Å². The number of carbonyl (C=O) groups excluding carboxylic acids is 2. The van der Waals surface area contributed by atoms with Gasteiger partial charge in [0.15, 0.2) is 0 Å². The molecule has 1 aliphatic heterocycles. The molecule has 0 saturated carbocycles. The number of carbonyl (C=O) groups is 2. The zero-order valence-corrected chi connectivity index (χ0v) is 11.4. The molecular weight excluding hydrogens is 261 g/mol. The monoisotopic (exact) mass is 279 g/mol. The minimum atomic E-state index is -0.587. The van der Waals surface area contributed by atoms with Crippen molar-refractivity contribution in [1.82, 2.24) is 9.80 Å². The van der Waals surface area contributed by atoms with Crippen molar-refractivity contribution in [2.75, 3.05) is 31.9 Å². The van der Waals surface area contributed by atoms with Crippen LogP contribution in [0.15, 0.2) is 18.2 Å². The van der Waals surface area contributed by atoms with Crippen molar-refractivity contribution in [3.63, 3.8) is 0 Å². The van der Waals surface area contributed by atoms with Gasteiger partial charge in [0.05, 0.1) is 5.69 Å². The quantitative estimate of drug-likeness (QED) is 0.783. The van der Waals surface area contributed by atoms with Gasteiger partial charge in [0.25, 0.3) is 5.91 Å². The first-order chi connectivity index (χ1) is 9.49. The van der Waals surface area contributed by atoms with E-state index in [0.29, 0.717) is 26.2 Å². The fourth-order valence-electron chi connectivity index (χ4n) is 2.28. The summed E-state index contributed by atoms with van der Waals surface area (Å²) in [7, 11) is 0. The normalized spacial score (nSPS) is 15.9. The van der Waals surface area contributed by atoms with Crippen LogP contribution in [0.3, 0.4) is 0 Å². The lowest BCUT2D eigenvalue weighted by Crippen LogP contribution is -2.36. The predicted octanol–water partition coefficient (Wildman–Crippen LogP) is 1.10. The third-order valence-electron chi connectivity index (χ3n) is 3.48. The van der Waals surface area contributed by atoms with Crippen LogP contribution in [-0.2, 0) is 4.79 Å². The molecule has 0 radical (unpaired) electrons. The third-order valence-corrected chi connectivity index (χ3v) is 3.48. The number of hydrogen-bond acceptors (Lipinski definition) is 3. The summed E-state index contributed by atoms with van der Waals surface area (Å²) in [6.45, 7) is 3.71. The Balaban J connectivity index is 2.09. The van der Waals surface area contributed by atoms with E-state index >= 15 is 0 Å². The lowest BCUT2D eigenvalue weighted by atomic mass is 10.1. The maximum Gasteiger partial charge on any atom is 0.254 e. The molecule has 1 aliphatic rings. The van der Waals surface area contributed by atoms with Gasteiger partial charge in [-0.25, -0.2) is 4.39 Å². The fourth-order valence-corrected chi connectivity index (χ4v) is 2.28. The van der Waals surface area contributed by atoms with E-state index in [-0.39, 0.29) is 23.1 Å². The summed E-state index contributed by atoms with van der Waals surface area (Å²) in [6, 6.07) is 4.07. The zero-order valence-electron chi connectivity index (χ0n) is 11.4. The van der Waals surface area contributed by atoms with Crippen molar-refractivity contribution in [3.8, 4) is 0 Å². The van der Waals surface area contributed by atoms with Crippen LogP contribution in [0.2, 0.25) is 0 Å². The Bertz CT molecular complexity index is 533. The summed E-state index contributed by atoms with van der Waals surface area (Å²) in [5.41, 5.74) is 5.71. The predicted molar refractivity (Wildman–Crippen MR) is 73.6 cm³/mol. The van der Waals surface area contributed by atoms with Gasteiger partial charge in [0.1, 0.15) is 5.82 Å². The Morgan fingerprint density at radius 3 is 2.45 bits per heavy atom. The van der Waals surface area contributed by atoms with Crippen LogP contribution in [0.1, 0.15) is 23.7 Å². The Labute approximate surface area is 117 Å². The first-order valence-corrected chi connectivity index (χ1v) is 6.59. The number of halogens is 1. The smallest absolute Gasteiger partial charge is 0.254 e. The van der Waals surface area contributed by atoms with E-state index in [1.165, 1.54) is 19.1 Å². The highest BCUT2D eigenvalue weighted by molar-refractivity contribution is 5.94. The Morgan fingerprint density at radius 2 is 1.80 bits per heavy atom. The molecule has 1 heterocycles. The van der Waals surface area contributed by atoms with Gasteiger partial charge in [0.2, 0.25) is 5.91 Å². The summed E-state index contributed by atoms with van der Waals surface area (Å²) in [6.07, 6.45) is 0.725. The minimum Gasteiger partial charge on any atom is -0.396 e. The number of anilines is 1. The van der Waals surface area contributed by atoms with E-state index in [9.17, 15) is 14.0 Å². The van der Waals surface area contributed by atoms with Gasteiger partial charge < -0.3 is 15.5 Å². The number of amides is 2. The van der Waals surface area contributed by atoms with Crippen LogP contribution in [0.5, 0.6) is 0 Å². The summed E-state index contributed by atoms with van der Waals surface area (Å²) in [5.74, 6) is -0.803. The molecule has 2 rings (SSSR count). The van der Waals surface area contributed by atoms with Gasteiger partial charge in [-0.2, -0.15) is 0 Å². The molecule has 6 heteroatoms. The average Bonchev–Trinajstić information content (AvgIpc) is 2.67. The van der Waals surface area contributed by atoms with E-state index in [1.807, 2.05) is 0 Å².